The van der Waals surface area contributed by atoms with Crippen molar-refractivity contribution in [3.05, 3.63) is 0 Å². The molecule has 0 aromatic carbocycles. The van der Waals surface area contributed by atoms with Crippen LogP contribution in [0.4, 0.5) is 0 Å². The third-order valence-electron chi connectivity index (χ3n) is 3.66. The quantitative estimate of drug-likeness (QED) is 0.715. The zero-order chi connectivity index (χ0) is 9.97. The fraction of sp³-hybridized carbons (Fsp3) is 1.00. The molecule has 0 aliphatic carbocycles. The molecule has 2 saturated heterocycles. The molecule has 2 fully saturated rings. The number of alkyl halides is 1. The van der Waals surface area contributed by atoms with E-state index in [4.69, 9.17) is 0 Å². The summed E-state index contributed by atoms with van der Waals surface area (Å²) >= 11 is 3.63. The van der Waals surface area contributed by atoms with Gasteiger partial charge in [-0.05, 0) is 45.3 Å². The topological polar surface area (TPSA) is 6.48 Å². The van der Waals surface area contributed by atoms with Crippen molar-refractivity contribution in [3.8, 4) is 0 Å². The molecule has 0 radical (unpaired) electrons. The second kappa shape index (κ2) is 4.95. The Hall–Kier alpha value is 0.400. The number of halogens is 1. The predicted molar refractivity (Wildman–Crippen MR) is 64.0 cm³/mol. The van der Waals surface area contributed by atoms with Gasteiger partial charge in [-0.3, -0.25) is 4.90 Å². The Labute approximate surface area is 95.8 Å². The average molecular weight is 261 g/mol. The monoisotopic (exact) mass is 260 g/mol. The number of likely N-dealkylation sites (tertiary alicyclic amines) is 2. The van der Waals surface area contributed by atoms with E-state index in [-0.39, 0.29) is 0 Å². The van der Waals surface area contributed by atoms with Gasteiger partial charge in [-0.2, -0.15) is 0 Å². The molecule has 2 atom stereocenters. The highest BCUT2D eigenvalue weighted by molar-refractivity contribution is 9.09. The van der Waals surface area contributed by atoms with Crippen LogP contribution >= 0.6 is 15.9 Å². The first-order valence-corrected chi connectivity index (χ1v) is 6.90. The number of rotatable bonds is 3. The van der Waals surface area contributed by atoms with Crippen LogP contribution in [0, 0.1) is 5.92 Å². The third-order valence-corrected chi connectivity index (χ3v) is 4.41. The summed E-state index contributed by atoms with van der Waals surface area (Å²) in [6, 6.07) is 0.820. The summed E-state index contributed by atoms with van der Waals surface area (Å²) in [6.07, 6.45) is 4.20. The van der Waals surface area contributed by atoms with E-state index in [2.05, 4.69) is 32.8 Å². The second-order valence-corrected chi connectivity index (χ2v) is 5.51. The van der Waals surface area contributed by atoms with E-state index in [1.54, 1.807) is 0 Å². The van der Waals surface area contributed by atoms with Crippen molar-refractivity contribution in [1.29, 1.82) is 0 Å². The normalized spacial score (nSPS) is 35.6. The molecule has 2 aliphatic rings. The summed E-state index contributed by atoms with van der Waals surface area (Å²) in [6.45, 7) is 5.28. The standard InChI is InChI=1S/C11H21BrN2/c1-13-6-4-10(8-13)9-14-5-2-3-11(14)7-12/h10-11H,2-9H2,1H3/t10?,11-/m0/s1. The molecular weight excluding hydrogens is 240 g/mol. The van der Waals surface area contributed by atoms with E-state index >= 15 is 0 Å². The van der Waals surface area contributed by atoms with Crippen LogP contribution < -0.4 is 0 Å². The summed E-state index contributed by atoms with van der Waals surface area (Å²) in [5, 5.41) is 1.16. The summed E-state index contributed by atoms with van der Waals surface area (Å²) in [7, 11) is 2.24. The van der Waals surface area contributed by atoms with Gasteiger partial charge >= 0.3 is 0 Å². The molecule has 0 saturated carbocycles. The third kappa shape index (κ3) is 2.50. The van der Waals surface area contributed by atoms with Crippen LogP contribution in [-0.2, 0) is 0 Å². The van der Waals surface area contributed by atoms with Crippen molar-refractivity contribution in [3.63, 3.8) is 0 Å². The van der Waals surface area contributed by atoms with E-state index in [0.717, 1.165) is 17.3 Å². The van der Waals surface area contributed by atoms with Crippen LogP contribution in [0.1, 0.15) is 19.3 Å². The minimum absolute atomic E-state index is 0.820. The maximum atomic E-state index is 3.63. The van der Waals surface area contributed by atoms with Gasteiger partial charge in [0.1, 0.15) is 0 Å². The van der Waals surface area contributed by atoms with E-state index in [1.807, 2.05) is 0 Å². The SMILES string of the molecule is CN1CCC(CN2CCC[C@H]2CBr)C1. The molecule has 2 heterocycles. The second-order valence-electron chi connectivity index (χ2n) is 4.86. The maximum absolute atomic E-state index is 3.63. The lowest BCUT2D eigenvalue weighted by atomic mass is 10.1. The Morgan fingerprint density at radius 2 is 2.14 bits per heavy atom. The molecule has 0 N–H and O–H groups in total. The van der Waals surface area contributed by atoms with Crippen LogP contribution in [0.3, 0.4) is 0 Å². The molecule has 2 aliphatic heterocycles. The highest BCUT2D eigenvalue weighted by Crippen LogP contribution is 2.23. The molecule has 0 aromatic heterocycles. The molecule has 3 heteroatoms. The number of hydrogen-bond donors (Lipinski definition) is 0. The molecule has 0 aromatic rings. The van der Waals surface area contributed by atoms with Crippen molar-refractivity contribution in [2.75, 3.05) is 38.6 Å². The van der Waals surface area contributed by atoms with Gasteiger partial charge in [0.2, 0.25) is 0 Å². The fourth-order valence-electron chi connectivity index (χ4n) is 2.82. The zero-order valence-electron chi connectivity index (χ0n) is 9.08. The predicted octanol–water partition coefficient (Wildman–Crippen LogP) is 1.80. The fourth-order valence-corrected chi connectivity index (χ4v) is 3.55. The molecule has 2 nitrogen and oxygen atoms in total. The van der Waals surface area contributed by atoms with Gasteiger partial charge in [0.25, 0.3) is 0 Å². The Bertz CT molecular complexity index is 186. The summed E-state index contributed by atoms with van der Waals surface area (Å²) in [4.78, 5) is 5.16. The lowest BCUT2D eigenvalue weighted by Crippen LogP contribution is -2.35. The first-order valence-electron chi connectivity index (χ1n) is 5.78. The van der Waals surface area contributed by atoms with Crippen LogP contribution in [-0.4, -0.2) is 54.4 Å². The van der Waals surface area contributed by atoms with E-state index < -0.39 is 0 Å². The largest absolute Gasteiger partial charge is 0.306 e. The molecule has 82 valence electrons. The van der Waals surface area contributed by atoms with Crippen LogP contribution in [0.5, 0.6) is 0 Å². The molecule has 0 spiro atoms. The van der Waals surface area contributed by atoms with Crippen LogP contribution in [0.25, 0.3) is 0 Å². The zero-order valence-corrected chi connectivity index (χ0v) is 10.7. The van der Waals surface area contributed by atoms with Crippen molar-refractivity contribution < 1.29 is 0 Å². The van der Waals surface area contributed by atoms with E-state index in [1.165, 1.54) is 45.4 Å². The first kappa shape index (κ1) is 10.9. The highest BCUT2D eigenvalue weighted by atomic mass is 79.9. The minimum atomic E-state index is 0.820. The number of nitrogens with zero attached hydrogens (tertiary/aromatic N) is 2. The van der Waals surface area contributed by atoms with Crippen LogP contribution in [0.2, 0.25) is 0 Å². The lowest BCUT2D eigenvalue weighted by Gasteiger charge is -2.25. The summed E-state index contributed by atoms with van der Waals surface area (Å²) in [5.41, 5.74) is 0. The van der Waals surface area contributed by atoms with Gasteiger partial charge in [0.15, 0.2) is 0 Å². The maximum Gasteiger partial charge on any atom is 0.0193 e. The van der Waals surface area contributed by atoms with Gasteiger partial charge in [0, 0.05) is 24.5 Å². The smallest absolute Gasteiger partial charge is 0.0193 e. The molecule has 14 heavy (non-hydrogen) atoms. The number of hydrogen-bond acceptors (Lipinski definition) is 2. The van der Waals surface area contributed by atoms with Gasteiger partial charge in [-0.1, -0.05) is 15.9 Å². The van der Waals surface area contributed by atoms with Gasteiger partial charge < -0.3 is 4.90 Å². The molecule has 2 rings (SSSR count). The van der Waals surface area contributed by atoms with E-state index in [0.29, 0.717) is 0 Å². The van der Waals surface area contributed by atoms with Crippen molar-refractivity contribution >= 4 is 15.9 Å². The average Bonchev–Trinajstić information content (AvgIpc) is 2.76. The van der Waals surface area contributed by atoms with Crippen molar-refractivity contribution in [2.24, 2.45) is 5.92 Å². The molecular formula is C11H21BrN2. The Morgan fingerprint density at radius 3 is 2.79 bits per heavy atom. The van der Waals surface area contributed by atoms with Crippen LogP contribution in [0.15, 0.2) is 0 Å². The van der Waals surface area contributed by atoms with Gasteiger partial charge in [-0.25, -0.2) is 0 Å². The van der Waals surface area contributed by atoms with E-state index in [9.17, 15) is 0 Å². The molecule has 0 bridgehead atoms. The lowest BCUT2D eigenvalue weighted by molar-refractivity contribution is 0.228. The first-order chi connectivity index (χ1) is 6.79. The Morgan fingerprint density at radius 1 is 1.29 bits per heavy atom. The summed E-state index contributed by atoms with van der Waals surface area (Å²) in [5.74, 6) is 0.930. The Kier molecular flexibility index (Phi) is 3.86. The van der Waals surface area contributed by atoms with Gasteiger partial charge in [0.05, 0.1) is 0 Å². The molecule has 1 unspecified atom stereocenters. The molecule has 0 amide bonds. The van der Waals surface area contributed by atoms with Crippen molar-refractivity contribution in [2.45, 2.75) is 25.3 Å². The highest BCUT2D eigenvalue weighted by Gasteiger charge is 2.28. The summed E-state index contributed by atoms with van der Waals surface area (Å²) < 4.78 is 0. The van der Waals surface area contributed by atoms with Gasteiger partial charge in [-0.15, -0.1) is 0 Å². The minimum Gasteiger partial charge on any atom is -0.306 e. The van der Waals surface area contributed by atoms with Crippen molar-refractivity contribution in [1.82, 2.24) is 9.80 Å². The Balaban J connectivity index is 1.79.